The second-order valence-electron chi connectivity index (χ2n) is 9.62. The lowest BCUT2D eigenvalue weighted by molar-refractivity contribution is 0.396. The van der Waals surface area contributed by atoms with E-state index in [1.54, 1.807) is 19.5 Å². The topological polar surface area (TPSA) is 73.9 Å². The number of ether oxygens (including phenoxy) is 1. The molecule has 8 nitrogen and oxygen atoms in total. The quantitative estimate of drug-likeness (QED) is 0.399. The monoisotopic (exact) mass is 487 g/mol. The summed E-state index contributed by atoms with van der Waals surface area (Å²) in [6.07, 6.45) is 9.01. The fraction of sp³-hybridized carbons (Fsp3) is 0.407. The van der Waals surface area contributed by atoms with E-state index in [2.05, 4.69) is 16.0 Å². The average molecular weight is 488 g/mol. The molecule has 6 rings (SSSR count). The maximum atomic E-state index is 15.2. The fourth-order valence-corrected chi connectivity index (χ4v) is 5.36. The number of methoxy groups -OCH3 is 1. The normalized spacial score (nSPS) is 17.8. The number of hydrogen-bond acceptors (Lipinski definition) is 6. The predicted octanol–water partition coefficient (Wildman–Crippen LogP) is 4.90. The van der Waals surface area contributed by atoms with E-state index in [0.717, 1.165) is 68.1 Å². The number of piperidine rings is 1. The number of imidazole rings is 1. The smallest absolute Gasteiger partial charge is 0.238 e. The molecule has 1 aromatic carbocycles. The third kappa shape index (κ3) is 4.12. The number of halogens is 1. The summed E-state index contributed by atoms with van der Waals surface area (Å²) >= 11 is 0. The summed E-state index contributed by atoms with van der Waals surface area (Å²) < 4.78 is 24.6. The van der Waals surface area contributed by atoms with Crippen LogP contribution in [0.5, 0.6) is 5.88 Å². The van der Waals surface area contributed by atoms with Gasteiger partial charge in [0.2, 0.25) is 5.88 Å². The molecule has 0 N–H and O–H groups in total. The van der Waals surface area contributed by atoms with Crippen LogP contribution in [-0.4, -0.2) is 49.5 Å². The van der Waals surface area contributed by atoms with Crippen molar-refractivity contribution in [1.82, 2.24) is 29.3 Å². The van der Waals surface area contributed by atoms with Gasteiger partial charge in [-0.2, -0.15) is 0 Å². The Morgan fingerprint density at radius 1 is 0.972 bits per heavy atom. The molecule has 1 atom stereocenters. The first-order valence-corrected chi connectivity index (χ1v) is 12.7. The molecule has 1 fully saturated rings. The van der Waals surface area contributed by atoms with Crippen LogP contribution < -0.4 is 9.64 Å². The van der Waals surface area contributed by atoms with Crippen molar-refractivity contribution >= 4 is 5.69 Å². The van der Waals surface area contributed by atoms with E-state index in [4.69, 9.17) is 19.8 Å². The van der Waals surface area contributed by atoms with E-state index in [-0.39, 0.29) is 11.7 Å². The zero-order valence-electron chi connectivity index (χ0n) is 20.7. The molecule has 0 saturated carbocycles. The van der Waals surface area contributed by atoms with Crippen LogP contribution in [0, 0.1) is 12.7 Å². The number of benzene rings is 1. The Bertz CT molecular complexity index is 1390. The van der Waals surface area contributed by atoms with Crippen molar-refractivity contribution in [2.24, 2.45) is 0 Å². The van der Waals surface area contributed by atoms with Crippen LogP contribution in [0.3, 0.4) is 0 Å². The van der Waals surface area contributed by atoms with E-state index in [9.17, 15) is 0 Å². The van der Waals surface area contributed by atoms with E-state index >= 15 is 4.39 Å². The van der Waals surface area contributed by atoms with E-state index < -0.39 is 0 Å². The molecule has 0 bridgehead atoms. The highest BCUT2D eigenvalue weighted by Gasteiger charge is 2.28. The summed E-state index contributed by atoms with van der Waals surface area (Å²) in [4.78, 5) is 16.0. The van der Waals surface area contributed by atoms with Gasteiger partial charge in [-0.15, -0.1) is 5.10 Å². The lowest BCUT2D eigenvalue weighted by Gasteiger charge is -2.30. The molecule has 2 aliphatic rings. The Hall–Kier alpha value is -3.75. The van der Waals surface area contributed by atoms with Crippen molar-refractivity contribution in [2.75, 3.05) is 25.1 Å². The highest BCUT2D eigenvalue weighted by Crippen LogP contribution is 2.36. The predicted molar refractivity (Wildman–Crippen MR) is 135 cm³/mol. The Morgan fingerprint density at radius 3 is 2.56 bits per heavy atom. The number of anilines is 1. The Balaban J connectivity index is 1.31. The number of aromatic nitrogens is 6. The highest BCUT2D eigenvalue weighted by molar-refractivity contribution is 5.56. The first-order valence-electron chi connectivity index (χ1n) is 12.7. The summed E-state index contributed by atoms with van der Waals surface area (Å²) in [5, 5.41) is 4.76. The van der Waals surface area contributed by atoms with Gasteiger partial charge < -0.3 is 14.2 Å². The number of hydrogen-bond donors (Lipinski definition) is 0. The van der Waals surface area contributed by atoms with Crippen LogP contribution in [0.25, 0.3) is 17.2 Å². The first-order chi connectivity index (χ1) is 17.6. The molecule has 186 valence electrons. The number of pyridine rings is 1. The van der Waals surface area contributed by atoms with Gasteiger partial charge in [0.15, 0.2) is 5.82 Å². The van der Waals surface area contributed by atoms with Gasteiger partial charge in [-0.25, -0.2) is 24.0 Å². The SMILES string of the molecule is COc1nc(-c2nc3n(n2)CCC[C@H]3c2ccc(N3CCCCC3)c(F)c2)ccc1-n1cnc(C)c1. The number of aryl methyl sites for hydroxylation is 2. The molecule has 0 amide bonds. The molecule has 0 aliphatic carbocycles. The van der Waals surface area contributed by atoms with Gasteiger partial charge in [0.1, 0.15) is 23.0 Å². The second kappa shape index (κ2) is 9.37. The minimum absolute atomic E-state index is 0.00000138. The Labute approximate surface area is 209 Å². The molecule has 0 radical (unpaired) electrons. The van der Waals surface area contributed by atoms with Crippen molar-refractivity contribution < 1.29 is 9.13 Å². The molecule has 3 aromatic heterocycles. The standard InChI is InChI=1S/C27H30FN7O/c1-18-16-34(17-29-18)24-11-9-22(30-27(24)36-2)25-31-26-20(7-6-14-35(26)32-25)19-8-10-23(21(28)15-19)33-12-4-3-5-13-33/h8-11,15-17,20H,3-7,12-14H2,1-2H3/t20-/m0/s1. The van der Waals surface area contributed by atoms with Gasteiger partial charge in [0.25, 0.3) is 0 Å². The zero-order valence-corrected chi connectivity index (χ0v) is 20.7. The number of nitrogens with zero attached hydrogens (tertiary/aromatic N) is 7. The van der Waals surface area contributed by atoms with Crippen LogP contribution in [0.15, 0.2) is 42.9 Å². The molecular formula is C27H30FN7O. The lowest BCUT2D eigenvalue weighted by Crippen LogP contribution is -2.30. The van der Waals surface area contributed by atoms with Crippen LogP contribution >= 0.6 is 0 Å². The summed E-state index contributed by atoms with van der Waals surface area (Å²) in [6.45, 7) is 4.57. The van der Waals surface area contributed by atoms with Crippen LogP contribution in [0.1, 0.15) is 55.1 Å². The zero-order chi connectivity index (χ0) is 24.6. The van der Waals surface area contributed by atoms with Gasteiger partial charge in [0.05, 0.1) is 24.8 Å². The molecule has 2 aliphatic heterocycles. The number of rotatable bonds is 5. The molecule has 0 spiro atoms. The first kappa shape index (κ1) is 22.7. The Kier molecular flexibility index (Phi) is 5.91. The summed E-state index contributed by atoms with van der Waals surface area (Å²) in [5.74, 6) is 1.73. The molecular weight excluding hydrogens is 457 g/mol. The largest absolute Gasteiger partial charge is 0.479 e. The minimum Gasteiger partial charge on any atom is -0.479 e. The van der Waals surface area contributed by atoms with Crippen molar-refractivity contribution in [1.29, 1.82) is 0 Å². The summed E-state index contributed by atoms with van der Waals surface area (Å²) in [5.41, 5.74) is 4.01. The van der Waals surface area contributed by atoms with Crippen LogP contribution in [-0.2, 0) is 6.54 Å². The fourth-order valence-electron chi connectivity index (χ4n) is 5.36. The Morgan fingerprint density at radius 2 is 1.81 bits per heavy atom. The highest BCUT2D eigenvalue weighted by atomic mass is 19.1. The molecule has 36 heavy (non-hydrogen) atoms. The molecule has 1 saturated heterocycles. The summed E-state index contributed by atoms with van der Waals surface area (Å²) in [7, 11) is 1.60. The summed E-state index contributed by atoms with van der Waals surface area (Å²) in [6, 6.07) is 9.53. The lowest BCUT2D eigenvalue weighted by atomic mass is 9.91. The molecule has 9 heteroatoms. The van der Waals surface area contributed by atoms with E-state index in [1.807, 2.05) is 40.6 Å². The second-order valence-corrected chi connectivity index (χ2v) is 9.62. The van der Waals surface area contributed by atoms with Gasteiger partial charge in [-0.3, -0.25) is 0 Å². The van der Waals surface area contributed by atoms with Crippen molar-refractivity contribution in [3.05, 3.63) is 65.8 Å². The van der Waals surface area contributed by atoms with E-state index in [1.165, 1.54) is 6.42 Å². The van der Waals surface area contributed by atoms with Crippen LogP contribution in [0.2, 0.25) is 0 Å². The number of fused-ring (bicyclic) bond motifs is 1. The minimum atomic E-state index is -0.150. The third-order valence-electron chi connectivity index (χ3n) is 7.20. The van der Waals surface area contributed by atoms with Crippen LogP contribution in [0.4, 0.5) is 10.1 Å². The molecule has 0 unspecified atom stereocenters. The van der Waals surface area contributed by atoms with Gasteiger partial charge in [-0.05, 0) is 68.9 Å². The third-order valence-corrected chi connectivity index (χ3v) is 7.20. The molecule has 4 aromatic rings. The maximum absolute atomic E-state index is 15.2. The maximum Gasteiger partial charge on any atom is 0.238 e. The van der Waals surface area contributed by atoms with Crippen molar-refractivity contribution in [2.45, 2.75) is 51.5 Å². The van der Waals surface area contributed by atoms with Crippen molar-refractivity contribution in [3.8, 4) is 23.1 Å². The average Bonchev–Trinajstić information content (AvgIpc) is 3.55. The van der Waals surface area contributed by atoms with E-state index in [0.29, 0.717) is 23.1 Å². The van der Waals surface area contributed by atoms with Gasteiger partial charge in [0, 0.05) is 31.7 Å². The van der Waals surface area contributed by atoms with Crippen molar-refractivity contribution in [3.63, 3.8) is 0 Å². The van der Waals surface area contributed by atoms with Gasteiger partial charge in [-0.1, -0.05) is 6.07 Å². The molecule has 5 heterocycles. The van der Waals surface area contributed by atoms with Gasteiger partial charge >= 0.3 is 0 Å².